The van der Waals surface area contributed by atoms with Gasteiger partial charge in [-0.3, -0.25) is 0 Å². The Morgan fingerprint density at radius 2 is 2.00 bits per heavy atom. The van der Waals surface area contributed by atoms with Crippen LogP contribution < -0.4 is 0 Å². The molecule has 0 unspecified atom stereocenters. The lowest BCUT2D eigenvalue weighted by molar-refractivity contribution is 0.611. The molecule has 0 N–H and O–H groups in total. The first-order valence-corrected chi connectivity index (χ1v) is 4.11. The Kier molecular flexibility index (Phi) is 2.02. The monoisotopic (exact) mass is 196 g/mol. The molecule has 0 saturated heterocycles. The molecule has 0 aliphatic rings. The Labute approximate surface area is 79.6 Å². The Morgan fingerprint density at radius 1 is 1.23 bits per heavy atom. The third-order valence-electron chi connectivity index (χ3n) is 1.66. The second-order valence-electron chi connectivity index (χ2n) is 2.53. The Hall–Kier alpha value is -1.35. The summed E-state index contributed by atoms with van der Waals surface area (Å²) in [6.07, 6.45) is 1.61. The molecule has 0 amide bonds. The van der Waals surface area contributed by atoms with Gasteiger partial charge < -0.3 is 0 Å². The van der Waals surface area contributed by atoms with E-state index in [0.717, 1.165) is 0 Å². The van der Waals surface area contributed by atoms with Gasteiger partial charge in [-0.15, -0.1) is 0 Å². The zero-order chi connectivity index (χ0) is 9.26. The van der Waals surface area contributed by atoms with Crippen LogP contribution in [0.2, 0.25) is 5.15 Å². The lowest BCUT2D eigenvalue weighted by Gasteiger charge is -2.00. The van der Waals surface area contributed by atoms with Crippen molar-refractivity contribution >= 4 is 11.6 Å². The Balaban J connectivity index is 2.52. The summed E-state index contributed by atoms with van der Waals surface area (Å²) >= 11 is 5.61. The van der Waals surface area contributed by atoms with Gasteiger partial charge in [-0.2, -0.15) is 5.10 Å². The van der Waals surface area contributed by atoms with Crippen molar-refractivity contribution in [3.63, 3.8) is 0 Å². The predicted molar refractivity (Wildman–Crippen MR) is 48.5 cm³/mol. The number of hydrogen-bond acceptors (Lipinski definition) is 1. The van der Waals surface area contributed by atoms with E-state index in [4.69, 9.17) is 11.6 Å². The molecule has 0 radical (unpaired) electrons. The average Bonchev–Trinajstić information content (AvgIpc) is 2.53. The molecular formula is C9H6ClFN2. The first kappa shape index (κ1) is 8.26. The molecule has 2 aromatic rings. The zero-order valence-electron chi connectivity index (χ0n) is 6.61. The van der Waals surface area contributed by atoms with Crippen LogP contribution in [0.1, 0.15) is 0 Å². The van der Waals surface area contributed by atoms with E-state index >= 15 is 0 Å². The van der Waals surface area contributed by atoms with Crippen LogP contribution >= 0.6 is 11.6 Å². The molecule has 2 nitrogen and oxygen atoms in total. The highest BCUT2D eigenvalue weighted by Crippen LogP contribution is 2.13. The molecule has 0 aliphatic carbocycles. The summed E-state index contributed by atoms with van der Waals surface area (Å²) in [5, 5.41) is 4.23. The summed E-state index contributed by atoms with van der Waals surface area (Å²) < 4.78 is 14.6. The maximum Gasteiger partial charge on any atom is 0.151 e. The molecule has 0 fully saturated rings. The molecule has 1 aromatic carbocycles. The van der Waals surface area contributed by atoms with E-state index in [-0.39, 0.29) is 5.82 Å². The number of hydrogen-bond donors (Lipinski definition) is 0. The predicted octanol–water partition coefficient (Wildman–Crippen LogP) is 2.66. The van der Waals surface area contributed by atoms with E-state index < -0.39 is 0 Å². The van der Waals surface area contributed by atoms with Gasteiger partial charge in [0.2, 0.25) is 0 Å². The fourth-order valence-electron chi connectivity index (χ4n) is 1.07. The highest BCUT2D eigenvalue weighted by atomic mass is 35.5. The van der Waals surface area contributed by atoms with Gasteiger partial charge in [-0.25, -0.2) is 9.07 Å². The second-order valence-corrected chi connectivity index (χ2v) is 2.92. The largest absolute Gasteiger partial charge is 0.237 e. The van der Waals surface area contributed by atoms with Crippen molar-refractivity contribution in [2.45, 2.75) is 0 Å². The van der Waals surface area contributed by atoms with E-state index in [9.17, 15) is 4.39 Å². The number of benzene rings is 1. The number of aromatic nitrogens is 2. The van der Waals surface area contributed by atoms with Crippen LogP contribution in [0.3, 0.4) is 0 Å². The van der Waals surface area contributed by atoms with Gasteiger partial charge in [0.15, 0.2) is 5.15 Å². The van der Waals surface area contributed by atoms with Crippen LogP contribution in [0.5, 0.6) is 0 Å². The minimum Gasteiger partial charge on any atom is -0.237 e. The molecule has 0 spiro atoms. The zero-order valence-corrected chi connectivity index (χ0v) is 7.37. The van der Waals surface area contributed by atoms with Gasteiger partial charge in [-0.1, -0.05) is 23.7 Å². The minimum absolute atomic E-state index is 0.317. The molecule has 0 atom stereocenters. The summed E-state index contributed by atoms with van der Waals surface area (Å²) in [7, 11) is 0. The van der Waals surface area contributed by atoms with Crippen molar-refractivity contribution in [3.8, 4) is 5.69 Å². The maximum atomic E-state index is 13.2. The van der Waals surface area contributed by atoms with Crippen LogP contribution in [0.25, 0.3) is 5.69 Å². The molecule has 13 heavy (non-hydrogen) atoms. The number of para-hydroxylation sites is 1. The van der Waals surface area contributed by atoms with E-state index in [2.05, 4.69) is 5.10 Å². The van der Waals surface area contributed by atoms with Crippen LogP contribution in [-0.2, 0) is 0 Å². The minimum atomic E-state index is -0.317. The van der Waals surface area contributed by atoms with E-state index in [1.54, 1.807) is 30.5 Å². The van der Waals surface area contributed by atoms with Crippen molar-refractivity contribution in [2.24, 2.45) is 0 Å². The quantitative estimate of drug-likeness (QED) is 0.686. The molecule has 1 aromatic heterocycles. The molecule has 4 heteroatoms. The van der Waals surface area contributed by atoms with Crippen LogP contribution in [0.4, 0.5) is 4.39 Å². The summed E-state index contributed by atoms with van der Waals surface area (Å²) in [5.74, 6) is -0.317. The molecule has 0 saturated carbocycles. The number of nitrogens with zero attached hydrogens (tertiary/aromatic N) is 2. The molecule has 0 bridgehead atoms. The van der Waals surface area contributed by atoms with Crippen LogP contribution in [0.15, 0.2) is 36.5 Å². The molecule has 66 valence electrons. The highest BCUT2D eigenvalue weighted by Gasteiger charge is 2.03. The first-order valence-electron chi connectivity index (χ1n) is 3.73. The number of rotatable bonds is 1. The second kappa shape index (κ2) is 3.18. The van der Waals surface area contributed by atoms with Crippen LogP contribution in [-0.4, -0.2) is 9.78 Å². The van der Waals surface area contributed by atoms with E-state index in [0.29, 0.717) is 10.8 Å². The summed E-state index contributed by atoms with van der Waals surface area (Å²) in [6.45, 7) is 0. The molecule has 1 heterocycles. The Morgan fingerprint density at radius 3 is 2.62 bits per heavy atom. The highest BCUT2D eigenvalue weighted by molar-refractivity contribution is 6.29. The third-order valence-corrected chi connectivity index (χ3v) is 1.86. The fourth-order valence-corrected chi connectivity index (χ4v) is 1.21. The van der Waals surface area contributed by atoms with Crippen molar-refractivity contribution in [1.29, 1.82) is 0 Å². The van der Waals surface area contributed by atoms with Crippen molar-refractivity contribution in [1.82, 2.24) is 9.78 Å². The van der Waals surface area contributed by atoms with E-state index in [1.165, 1.54) is 10.7 Å². The summed E-state index contributed by atoms with van der Waals surface area (Å²) in [5.41, 5.74) is 0.398. The lowest BCUT2D eigenvalue weighted by atomic mass is 10.3. The maximum absolute atomic E-state index is 13.2. The molecular weight excluding hydrogens is 191 g/mol. The van der Waals surface area contributed by atoms with Gasteiger partial charge in [-0.05, 0) is 18.2 Å². The molecule has 0 aliphatic heterocycles. The topological polar surface area (TPSA) is 17.8 Å². The Bertz CT molecular complexity index is 425. The SMILES string of the molecule is Fc1ccccc1-n1ccc(Cl)n1. The average molecular weight is 197 g/mol. The molecule has 2 rings (SSSR count). The van der Waals surface area contributed by atoms with Gasteiger partial charge in [0, 0.05) is 6.20 Å². The fraction of sp³-hybridized carbons (Fsp3) is 0. The van der Waals surface area contributed by atoms with Crippen molar-refractivity contribution in [3.05, 3.63) is 47.5 Å². The third kappa shape index (κ3) is 1.55. The van der Waals surface area contributed by atoms with Gasteiger partial charge in [0.25, 0.3) is 0 Å². The summed E-state index contributed by atoms with van der Waals surface area (Å²) in [6, 6.07) is 8.00. The van der Waals surface area contributed by atoms with Gasteiger partial charge >= 0.3 is 0 Å². The number of halogens is 2. The smallest absolute Gasteiger partial charge is 0.151 e. The van der Waals surface area contributed by atoms with Crippen molar-refractivity contribution < 1.29 is 4.39 Å². The lowest BCUT2D eigenvalue weighted by Crippen LogP contribution is -1.97. The summed E-state index contributed by atoms with van der Waals surface area (Å²) in [4.78, 5) is 0. The van der Waals surface area contributed by atoms with Gasteiger partial charge in [0.05, 0.1) is 0 Å². The standard InChI is InChI=1S/C9H6ClFN2/c10-9-5-6-13(12-9)8-4-2-1-3-7(8)11/h1-6H. The van der Waals surface area contributed by atoms with E-state index in [1.807, 2.05) is 0 Å². The van der Waals surface area contributed by atoms with Gasteiger partial charge in [0.1, 0.15) is 11.5 Å². The first-order chi connectivity index (χ1) is 6.27. The van der Waals surface area contributed by atoms with Crippen LogP contribution in [0, 0.1) is 5.82 Å². The van der Waals surface area contributed by atoms with Crippen molar-refractivity contribution in [2.75, 3.05) is 0 Å². The normalized spacial score (nSPS) is 10.3.